The molecule has 0 radical (unpaired) electrons. The molecule has 13 nitrogen and oxygen atoms in total. The van der Waals surface area contributed by atoms with Gasteiger partial charge in [-0.05, 0) is 120 Å². The minimum Gasteiger partial charge on any atom is -0.458 e. The van der Waals surface area contributed by atoms with Crippen molar-refractivity contribution >= 4 is 47.4 Å². The molecule has 8 unspecified atom stereocenters. The van der Waals surface area contributed by atoms with Crippen LogP contribution in [-0.2, 0) is 39.9 Å². The first kappa shape index (κ1) is 48.6. The first-order valence-electron chi connectivity index (χ1n) is 22.2. The van der Waals surface area contributed by atoms with E-state index in [2.05, 4.69) is 29.0 Å². The number of aliphatic hydroxyl groups excluding tert-OH is 1. The molecule has 0 saturated heterocycles. The van der Waals surface area contributed by atoms with Gasteiger partial charge < -0.3 is 30.5 Å². The van der Waals surface area contributed by atoms with Crippen LogP contribution in [0.4, 0.5) is 10.5 Å². The molecule has 3 aliphatic carbocycles. The molecule has 4 N–H and O–H groups in total. The highest BCUT2D eigenvalue weighted by Gasteiger charge is 2.65. The Morgan fingerprint density at radius 2 is 1.73 bits per heavy atom. The van der Waals surface area contributed by atoms with Gasteiger partial charge in [-0.3, -0.25) is 28.8 Å². The molecule has 2 aromatic rings. The highest BCUT2D eigenvalue weighted by molar-refractivity contribution is 6.02. The number of hydrogen-bond donors (Lipinski definition) is 4. The SMILES string of the molecule is C/C=C1\CCC2C(C(O)CC3(C)C2C[C@@H](C(=O)c2ccc(Cc4cccc(NC(=O)CNC(=O)C(C)NC(=O)OC(C)(C)C)c4)cc2)C3C(=O)COC(=O)CCC)C1(C)/C=C\C=O. The van der Waals surface area contributed by atoms with Crippen LogP contribution in [0.1, 0.15) is 115 Å². The molecule has 340 valence electrons. The van der Waals surface area contributed by atoms with Crippen LogP contribution in [0.2, 0.25) is 0 Å². The summed E-state index contributed by atoms with van der Waals surface area (Å²) in [4.78, 5) is 90.1. The third kappa shape index (κ3) is 11.4. The molecule has 0 aromatic heterocycles. The van der Waals surface area contributed by atoms with E-state index in [1.54, 1.807) is 45.0 Å². The summed E-state index contributed by atoms with van der Waals surface area (Å²) < 4.78 is 10.6. The number of Topliss-reactive ketones (excluding diaryl/α,β-unsaturated/α-hetero) is 2. The molecule has 0 bridgehead atoms. The zero-order valence-corrected chi connectivity index (χ0v) is 38.0. The second-order valence-electron chi connectivity index (χ2n) is 19.0. The van der Waals surface area contributed by atoms with Gasteiger partial charge in [0.15, 0.2) is 11.6 Å². The normalized spacial score (nSPS) is 27.7. The van der Waals surface area contributed by atoms with Gasteiger partial charge in [0.05, 0.1) is 12.6 Å². The summed E-state index contributed by atoms with van der Waals surface area (Å²) in [5.41, 5.74) is 1.91. The van der Waals surface area contributed by atoms with Crippen LogP contribution >= 0.6 is 0 Å². The number of rotatable bonds is 16. The van der Waals surface area contributed by atoms with E-state index in [0.717, 1.165) is 35.8 Å². The van der Waals surface area contributed by atoms with Gasteiger partial charge in [0.1, 0.15) is 24.5 Å². The fourth-order valence-corrected chi connectivity index (χ4v) is 10.8. The predicted octanol–water partition coefficient (Wildman–Crippen LogP) is 7.10. The van der Waals surface area contributed by atoms with E-state index >= 15 is 0 Å². The van der Waals surface area contributed by atoms with E-state index in [1.165, 1.54) is 13.0 Å². The minimum atomic E-state index is -0.922. The van der Waals surface area contributed by atoms with E-state index in [4.69, 9.17) is 9.47 Å². The number of carbonyl (C=O) groups excluding carboxylic acids is 7. The van der Waals surface area contributed by atoms with Gasteiger partial charge in [-0.15, -0.1) is 0 Å². The number of anilines is 1. The maximum Gasteiger partial charge on any atom is 0.408 e. The molecule has 13 heteroatoms. The van der Waals surface area contributed by atoms with Gasteiger partial charge in [0.2, 0.25) is 11.8 Å². The van der Waals surface area contributed by atoms with Crippen molar-refractivity contribution in [3.8, 4) is 0 Å². The smallest absolute Gasteiger partial charge is 0.408 e. The number of esters is 1. The lowest BCUT2D eigenvalue weighted by atomic mass is 9.47. The third-order valence-electron chi connectivity index (χ3n) is 13.4. The van der Waals surface area contributed by atoms with E-state index in [-0.39, 0.29) is 42.3 Å². The fourth-order valence-electron chi connectivity index (χ4n) is 10.8. The number of ether oxygens (including phenoxy) is 2. The zero-order valence-electron chi connectivity index (χ0n) is 38.0. The highest BCUT2D eigenvalue weighted by Crippen LogP contribution is 2.67. The molecule has 0 spiro atoms. The molecule has 3 aliphatic rings. The number of benzene rings is 2. The maximum atomic E-state index is 14.7. The third-order valence-corrected chi connectivity index (χ3v) is 13.4. The van der Waals surface area contributed by atoms with Crippen molar-refractivity contribution in [2.45, 2.75) is 118 Å². The minimum absolute atomic E-state index is 0.0158. The lowest BCUT2D eigenvalue weighted by Crippen LogP contribution is -2.56. The molecular formula is C50H65N3O10. The van der Waals surface area contributed by atoms with Crippen molar-refractivity contribution in [3.05, 3.63) is 89.0 Å². The molecule has 0 aliphatic heterocycles. The largest absolute Gasteiger partial charge is 0.458 e. The van der Waals surface area contributed by atoms with Crippen LogP contribution in [0.3, 0.4) is 0 Å². The highest BCUT2D eigenvalue weighted by atomic mass is 16.6. The van der Waals surface area contributed by atoms with Gasteiger partial charge in [-0.1, -0.05) is 74.9 Å². The summed E-state index contributed by atoms with van der Waals surface area (Å²) in [6.45, 7) is 13.8. The van der Waals surface area contributed by atoms with Gasteiger partial charge in [-0.25, -0.2) is 4.79 Å². The number of allylic oxidation sites excluding steroid dienone is 4. The monoisotopic (exact) mass is 867 g/mol. The number of carbonyl (C=O) groups is 7. The van der Waals surface area contributed by atoms with Crippen molar-refractivity contribution in [1.29, 1.82) is 0 Å². The summed E-state index contributed by atoms with van der Waals surface area (Å²) in [5.74, 6) is -3.71. The molecule has 9 atom stereocenters. The van der Waals surface area contributed by atoms with Crippen molar-refractivity contribution in [2.75, 3.05) is 18.5 Å². The Balaban J connectivity index is 1.29. The van der Waals surface area contributed by atoms with Gasteiger partial charge in [0, 0.05) is 40.8 Å². The fraction of sp³-hybridized carbons (Fsp3) is 0.540. The Bertz CT molecular complexity index is 2100. The maximum absolute atomic E-state index is 14.7. The molecule has 3 amide bonds. The summed E-state index contributed by atoms with van der Waals surface area (Å²) in [6, 6.07) is 13.6. The molecule has 5 rings (SSSR count). The van der Waals surface area contributed by atoms with Crippen molar-refractivity contribution in [2.24, 2.45) is 40.4 Å². The van der Waals surface area contributed by atoms with E-state index < -0.39 is 70.9 Å². The van der Waals surface area contributed by atoms with Crippen LogP contribution in [0.5, 0.6) is 0 Å². The average molecular weight is 868 g/mol. The number of alkyl carbamates (subject to hydrolysis) is 1. The molecule has 3 fully saturated rings. The standard InChI is InChI=1S/C50H65N3O10/c1-9-13-42(58)62-29-40(56)44-37(26-38-36-21-20-34(10-2)49(7,22-12-23-54)43(36)39(55)27-50(38,44)8)45(59)33-18-16-31(17-19-33)24-32-14-11-15-35(25-32)53-41(57)28-51-46(60)30(3)52-47(61)63-48(4,5)6/h10-12,14-19,22-23,25,30,36-39,43-44,55H,9,13,20-21,24,26-29H2,1-8H3,(H,51,60)(H,52,61)(H,53,57)/b22-12-,34-10+/t30?,36?,37-,38?,39?,43?,44?,49?,50?/m1/s1. The van der Waals surface area contributed by atoms with E-state index in [1.807, 2.05) is 51.1 Å². The van der Waals surface area contributed by atoms with Crippen molar-refractivity contribution in [1.82, 2.24) is 10.6 Å². The van der Waals surface area contributed by atoms with Crippen LogP contribution in [0, 0.1) is 40.4 Å². The van der Waals surface area contributed by atoms with Crippen molar-refractivity contribution in [3.63, 3.8) is 0 Å². The molecule has 63 heavy (non-hydrogen) atoms. The lowest BCUT2D eigenvalue weighted by Gasteiger charge is -2.58. The van der Waals surface area contributed by atoms with Crippen LogP contribution in [0.15, 0.2) is 72.3 Å². The summed E-state index contributed by atoms with van der Waals surface area (Å²) in [6.07, 6.45) is 8.25. The summed E-state index contributed by atoms with van der Waals surface area (Å²) in [5, 5.41) is 19.8. The van der Waals surface area contributed by atoms with Gasteiger partial charge in [-0.2, -0.15) is 0 Å². The second-order valence-corrected chi connectivity index (χ2v) is 19.0. The Labute approximate surface area is 371 Å². The van der Waals surface area contributed by atoms with Crippen molar-refractivity contribution < 1.29 is 48.1 Å². The average Bonchev–Trinajstić information content (AvgIpc) is 3.53. The first-order valence-corrected chi connectivity index (χ1v) is 22.2. The van der Waals surface area contributed by atoms with Gasteiger partial charge in [0.25, 0.3) is 0 Å². The Morgan fingerprint density at radius 1 is 1.02 bits per heavy atom. The van der Waals surface area contributed by atoms with E-state index in [9.17, 15) is 38.7 Å². The number of ketones is 2. The summed E-state index contributed by atoms with van der Waals surface area (Å²) in [7, 11) is 0. The second kappa shape index (κ2) is 20.4. The number of amides is 3. The van der Waals surface area contributed by atoms with Crippen LogP contribution < -0.4 is 16.0 Å². The Kier molecular flexibility index (Phi) is 15.7. The molecular weight excluding hydrogens is 803 g/mol. The topological polar surface area (TPSA) is 194 Å². The van der Waals surface area contributed by atoms with Crippen LogP contribution in [-0.4, -0.2) is 77.7 Å². The van der Waals surface area contributed by atoms with Crippen LogP contribution in [0.25, 0.3) is 0 Å². The number of aldehydes is 1. The molecule has 2 aromatic carbocycles. The number of aliphatic hydroxyl groups is 1. The lowest BCUT2D eigenvalue weighted by molar-refractivity contribution is -0.154. The summed E-state index contributed by atoms with van der Waals surface area (Å²) >= 11 is 0. The Hall–Kier alpha value is -5.43. The number of hydrogen-bond acceptors (Lipinski definition) is 10. The zero-order chi connectivity index (χ0) is 46.3. The first-order chi connectivity index (χ1) is 29.7. The number of fused-ring (bicyclic) bond motifs is 3. The van der Waals surface area contributed by atoms with Gasteiger partial charge >= 0.3 is 12.1 Å². The number of nitrogens with one attached hydrogen (secondary N) is 3. The molecule has 0 heterocycles. The predicted molar refractivity (Wildman–Crippen MR) is 238 cm³/mol. The Morgan fingerprint density at radius 3 is 2.38 bits per heavy atom. The molecule has 3 saturated carbocycles. The van der Waals surface area contributed by atoms with E-state index in [0.29, 0.717) is 36.9 Å². The quantitative estimate of drug-likeness (QED) is 0.0445.